The van der Waals surface area contributed by atoms with E-state index in [1.807, 2.05) is 18.2 Å². The zero-order valence-electron chi connectivity index (χ0n) is 19.9. The van der Waals surface area contributed by atoms with Crippen LogP contribution in [0.4, 0.5) is 4.39 Å². The summed E-state index contributed by atoms with van der Waals surface area (Å²) in [5.41, 5.74) is 10.1. The van der Waals surface area contributed by atoms with Gasteiger partial charge < -0.3 is 9.52 Å². The summed E-state index contributed by atoms with van der Waals surface area (Å²) < 4.78 is 19.0. The van der Waals surface area contributed by atoms with Crippen LogP contribution in [0.3, 0.4) is 0 Å². The SMILES string of the molecule is Cc1ccccc1C1=C(c2ccc3nc(CN4CC(CF)C4)oc3c2)c2ccc(O)cc2CCC1. The molecular formula is C30H29FN2O2. The minimum atomic E-state index is -0.259. The highest BCUT2D eigenvalue weighted by Gasteiger charge is 2.28. The van der Waals surface area contributed by atoms with Crippen LogP contribution in [-0.2, 0) is 13.0 Å². The van der Waals surface area contributed by atoms with E-state index >= 15 is 0 Å². The Bertz CT molecular complexity index is 1430. The van der Waals surface area contributed by atoms with Gasteiger partial charge in [0.15, 0.2) is 5.58 Å². The van der Waals surface area contributed by atoms with Gasteiger partial charge in [0.25, 0.3) is 0 Å². The molecule has 4 nitrogen and oxygen atoms in total. The number of fused-ring (bicyclic) bond motifs is 2. The number of hydrogen-bond donors (Lipinski definition) is 1. The Balaban J connectivity index is 1.46. The predicted molar refractivity (Wildman–Crippen MR) is 137 cm³/mol. The molecule has 3 aromatic carbocycles. The van der Waals surface area contributed by atoms with Gasteiger partial charge in [0.2, 0.25) is 5.89 Å². The van der Waals surface area contributed by atoms with Crippen LogP contribution < -0.4 is 0 Å². The first-order valence-corrected chi connectivity index (χ1v) is 12.4. The quantitative estimate of drug-likeness (QED) is 0.361. The largest absolute Gasteiger partial charge is 0.508 e. The van der Waals surface area contributed by atoms with Crippen molar-refractivity contribution in [3.63, 3.8) is 0 Å². The third kappa shape index (κ3) is 4.14. The second kappa shape index (κ2) is 8.97. The second-order valence-electron chi connectivity index (χ2n) is 9.87. The van der Waals surface area contributed by atoms with E-state index in [9.17, 15) is 9.50 Å². The number of aryl methyl sites for hydroxylation is 2. The lowest BCUT2D eigenvalue weighted by Crippen LogP contribution is -2.46. The summed E-state index contributed by atoms with van der Waals surface area (Å²) in [6.45, 7) is 4.04. The molecule has 0 radical (unpaired) electrons. The molecule has 2 aliphatic rings. The predicted octanol–water partition coefficient (Wildman–Crippen LogP) is 6.54. The summed E-state index contributed by atoms with van der Waals surface area (Å²) in [6.07, 6.45) is 2.90. The number of phenols is 1. The van der Waals surface area contributed by atoms with E-state index in [0.29, 0.717) is 18.2 Å². The van der Waals surface area contributed by atoms with Gasteiger partial charge in [-0.15, -0.1) is 0 Å². The Labute approximate surface area is 204 Å². The minimum Gasteiger partial charge on any atom is -0.508 e. The summed E-state index contributed by atoms with van der Waals surface area (Å²) in [4.78, 5) is 6.86. The zero-order valence-corrected chi connectivity index (χ0v) is 19.9. The van der Waals surface area contributed by atoms with Gasteiger partial charge in [-0.2, -0.15) is 0 Å². The Morgan fingerprint density at radius 3 is 2.71 bits per heavy atom. The highest BCUT2D eigenvalue weighted by Crippen LogP contribution is 2.42. The molecule has 0 bridgehead atoms. The number of hydrogen-bond acceptors (Lipinski definition) is 4. The first-order valence-electron chi connectivity index (χ1n) is 12.4. The number of nitrogens with zero attached hydrogens (tertiary/aromatic N) is 2. The number of likely N-dealkylation sites (tertiary alicyclic amines) is 1. The maximum Gasteiger partial charge on any atom is 0.209 e. The molecule has 0 spiro atoms. The maximum atomic E-state index is 12.8. The molecule has 5 heteroatoms. The van der Waals surface area contributed by atoms with Crippen molar-refractivity contribution in [2.45, 2.75) is 32.7 Å². The van der Waals surface area contributed by atoms with Gasteiger partial charge in [-0.25, -0.2) is 4.98 Å². The lowest BCUT2D eigenvalue weighted by molar-refractivity contribution is 0.0661. The van der Waals surface area contributed by atoms with Gasteiger partial charge in [-0.05, 0) is 89.4 Å². The monoisotopic (exact) mass is 468 g/mol. The molecule has 1 N–H and O–H groups in total. The van der Waals surface area contributed by atoms with Gasteiger partial charge in [-0.1, -0.05) is 36.4 Å². The summed E-state index contributed by atoms with van der Waals surface area (Å²) in [7, 11) is 0. The maximum absolute atomic E-state index is 12.8. The Morgan fingerprint density at radius 1 is 1.03 bits per heavy atom. The highest BCUT2D eigenvalue weighted by atomic mass is 19.1. The fraction of sp³-hybridized carbons (Fsp3) is 0.300. The van der Waals surface area contributed by atoms with Gasteiger partial charge in [0, 0.05) is 19.0 Å². The van der Waals surface area contributed by atoms with E-state index in [2.05, 4.69) is 53.2 Å². The fourth-order valence-corrected chi connectivity index (χ4v) is 5.57. The lowest BCUT2D eigenvalue weighted by atomic mass is 9.86. The Kier molecular flexibility index (Phi) is 5.65. The first kappa shape index (κ1) is 22.1. The van der Waals surface area contributed by atoms with Crippen LogP contribution in [0.25, 0.3) is 22.2 Å². The van der Waals surface area contributed by atoms with Crippen molar-refractivity contribution in [2.24, 2.45) is 5.92 Å². The molecule has 1 fully saturated rings. The molecule has 1 aromatic heterocycles. The number of benzene rings is 3. The average Bonchev–Trinajstić information content (AvgIpc) is 3.14. The zero-order chi connectivity index (χ0) is 23.9. The topological polar surface area (TPSA) is 49.5 Å². The van der Waals surface area contributed by atoms with Crippen molar-refractivity contribution in [1.82, 2.24) is 9.88 Å². The molecule has 4 aromatic rings. The van der Waals surface area contributed by atoms with Gasteiger partial charge in [-0.3, -0.25) is 9.29 Å². The van der Waals surface area contributed by atoms with Crippen molar-refractivity contribution in [1.29, 1.82) is 0 Å². The number of rotatable bonds is 5. The van der Waals surface area contributed by atoms with Crippen LogP contribution in [-0.4, -0.2) is 34.8 Å². The number of aromatic nitrogens is 1. The molecule has 0 amide bonds. The molecule has 2 heterocycles. The van der Waals surface area contributed by atoms with E-state index in [1.54, 1.807) is 6.07 Å². The molecular weight excluding hydrogens is 439 g/mol. The number of aromatic hydroxyl groups is 1. The summed E-state index contributed by atoms with van der Waals surface area (Å²) in [6, 6.07) is 20.5. The minimum absolute atomic E-state index is 0.146. The molecule has 0 saturated carbocycles. The molecule has 0 atom stereocenters. The van der Waals surface area contributed by atoms with Gasteiger partial charge >= 0.3 is 0 Å². The smallest absolute Gasteiger partial charge is 0.209 e. The first-order chi connectivity index (χ1) is 17.1. The number of phenolic OH excluding ortho intramolecular Hbond substituents is 1. The van der Waals surface area contributed by atoms with Crippen LogP contribution in [0.15, 0.2) is 65.1 Å². The third-order valence-corrected chi connectivity index (χ3v) is 7.33. The van der Waals surface area contributed by atoms with Crippen LogP contribution in [0.5, 0.6) is 5.75 Å². The second-order valence-corrected chi connectivity index (χ2v) is 9.87. The number of oxazole rings is 1. The average molecular weight is 469 g/mol. The van der Waals surface area contributed by atoms with Gasteiger partial charge in [0.05, 0.1) is 13.2 Å². The van der Waals surface area contributed by atoms with Crippen LogP contribution in [0.1, 0.15) is 46.5 Å². The van der Waals surface area contributed by atoms with E-state index in [0.717, 1.165) is 54.6 Å². The molecule has 1 aliphatic carbocycles. The number of halogens is 1. The molecule has 1 aliphatic heterocycles. The summed E-state index contributed by atoms with van der Waals surface area (Å²) in [5, 5.41) is 10.2. The van der Waals surface area contributed by atoms with Crippen molar-refractivity contribution in [2.75, 3.05) is 19.8 Å². The molecule has 35 heavy (non-hydrogen) atoms. The molecule has 0 unspecified atom stereocenters. The van der Waals surface area contributed by atoms with Crippen molar-refractivity contribution in [3.05, 3.63) is 94.4 Å². The standard InChI is InChI=1S/C30H29FN2O2/c1-19-5-2-3-7-24(19)26-8-4-6-21-13-23(34)10-11-25(21)30(26)22-9-12-27-28(14-22)35-29(32-27)18-33-16-20(15-31)17-33/h2-3,5,7,9-14,20,34H,4,6,8,15-18H2,1H3. The normalized spacial score (nSPS) is 16.9. The van der Waals surface area contributed by atoms with Crippen molar-refractivity contribution in [3.8, 4) is 5.75 Å². The molecule has 6 rings (SSSR count). The van der Waals surface area contributed by atoms with E-state index in [1.165, 1.54) is 27.8 Å². The lowest BCUT2D eigenvalue weighted by Gasteiger charge is -2.36. The number of alkyl halides is 1. The van der Waals surface area contributed by atoms with E-state index in [-0.39, 0.29) is 12.6 Å². The summed E-state index contributed by atoms with van der Waals surface area (Å²) in [5.74, 6) is 1.13. The summed E-state index contributed by atoms with van der Waals surface area (Å²) >= 11 is 0. The van der Waals surface area contributed by atoms with Crippen LogP contribution in [0, 0.1) is 12.8 Å². The molecule has 1 saturated heterocycles. The fourth-order valence-electron chi connectivity index (χ4n) is 5.57. The number of allylic oxidation sites excluding steroid dienone is 1. The Hall–Kier alpha value is -3.44. The van der Waals surface area contributed by atoms with E-state index < -0.39 is 0 Å². The van der Waals surface area contributed by atoms with Crippen LogP contribution in [0.2, 0.25) is 0 Å². The van der Waals surface area contributed by atoms with Crippen LogP contribution >= 0.6 is 0 Å². The van der Waals surface area contributed by atoms with E-state index in [4.69, 9.17) is 4.42 Å². The van der Waals surface area contributed by atoms with Gasteiger partial charge in [0.1, 0.15) is 11.3 Å². The van der Waals surface area contributed by atoms with Crippen molar-refractivity contribution >= 4 is 22.2 Å². The van der Waals surface area contributed by atoms with Crippen molar-refractivity contribution < 1.29 is 13.9 Å². The third-order valence-electron chi connectivity index (χ3n) is 7.33. The Morgan fingerprint density at radius 2 is 1.89 bits per heavy atom. The molecule has 178 valence electrons. The highest BCUT2D eigenvalue weighted by molar-refractivity contribution is 6.01.